The third-order valence-corrected chi connectivity index (χ3v) is 3.43. The normalized spacial score (nSPS) is 12.3. The zero-order chi connectivity index (χ0) is 15.8. The van der Waals surface area contributed by atoms with Crippen molar-refractivity contribution in [2.24, 2.45) is 0 Å². The van der Waals surface area contributed by atoms with Gasteiger partial charge in [-0.15, -0.1) is 0 Å². The van der Waals surface area contributed by atoms with Crippen LogP contribution in [0, 0.1) is 0 Å². The molecular weight excluding hydrogens is 268 g/mol. The second-order valence-electron chi connectivity index (χ2n) is 4.83. The van der Waals surface area contributed by atoms with Crippen molar-refractivity contribution >= 4 is 11.6 Å². The Labute approximate surface area is 127 Å². The first-order valence-electron chi connectivity index (χ1n) is 7.28. The molecule has 0 heterocycles. The fraction of sp³-hybridized carbons (Fsp3) is 0.562. The van der Waals surface area contributed by atoms with Gasteiger partial charge in [-0.2, -0.15) is 0 Å². The molecule has 21 heavy (non-hydrogen) atoms. The lowest BCUT2D eigenvalue weighted by molar-refractivity contribution is -0.109. The van der Waals surface area contributed by atoms with E-state index in [1.165, 1.54) is 0 Å². The molecule has 0 spiro atoms. The zero-order valence-electron chi connectivity index (χ0n) is 13.6. The van der Waals surface area contributed by atoms with E-state index in [1.807, 2.05) is 45.0 Å². The molecular formula is C16H26N2O3. The number of nitrogens with zero attached hydrogens (tertiary/aromatic N) is 1. The first-order valence-corrected chi connectivity index (χ1v) is 7.28. The minimum Gasteiger partial charge on any atom is -0.377 e. The predicted molar refractivity (Wildman–Crippen MR) is 84.6 cm³/mol. The lowest BCUT2D eigenvalue weighted by Gasteiger charge is -2.24. The summed E-state index contributed by atoms with van der Waals surface area (Å²) in [5, 5.41) is 3.29. The van der Waals surface area contributed by atoms with E-state index in [0.717, 1.165) is 5.69 Å². The highest BCUT2D eigenvalue weighted by Crippen LogP contribution is 2.15. The number of nitrogens with one attached hydrogen (secondary N) is 1. The summed E-state index contributed by atoms with van der Waals surface area (Å²) in [5.74, 6) is 0.0475. The molecule has 0 aliphatic carbocycles. The fourth-order valence-corrected chi connectivity index (χ4v) is 2.27. The van der Waals surface area contributed by atoms with Gasteiger partial charge in [0.2, 0.25) is 0 Å². The fourth-order valence-electron chi connectivity index (χ4n) is 2.27. The van der Waals surface area contributed by atoms with Crippen LogP contribution in [0.5, 0.6) is 0 Å². The maximum Gasteiger partial charge on any atom is 0.253 e. The molecule has 1 aromatic carbocycles. The predicted octanol–water partition coefficient (Wildman–Crippen LogP) is 2.59. The molecule has 0 fully saturated rings. The third-order valence-electron chi connectivity index (χ3n) is 3.43. The molecule has 1 unspecified atom stereocenters. The van der Waals surface area contributed by atoms with Crippen LogP contribution < -0.4 is 5.32 Å². The van der Waals surface area contributed by atoms with Crippen molar-refractivity contribution in [3.8, 4) is 0 Å². The van der Waals surface area contributed by atoms with Crippen LogP contribution in [0.3, 0.4) is 0 Å². The standard InChI is InChI=1S/C16H26N2O3/c1-6-18(7-2)15(19)13-9-8-10-14(11-13)17-12(3)16(20-4)21-5/h8-12,16-17H,6-7H2,1-5H3. The van der Waals surface area contributed by atoms with Gasteiger partial charge in [0.05, 0.1) is 6.04 Å². The van der Waals surface area contributed by atoms with E-state index in [0.29, 0.717) is 18.7 Å². The van der Waals surface area contributed by atoms with E-state index >= 15 is 0 Å². The van der Waals surface area contributed by atoms with E-state index in [2.05, 4.69) is 5.32 Å². The monoisotopic (exact) mass is 294 g/mol. The lowest BCUT2D eigenvalue weighted by atomic mass is 10.1. The molecule has 1 aromatic rings. The molecule has 0 aliphatic heterocycles. The Balaban J connectivity index is 2.83. The van der Waals surface area contributed by atoms with Gasteiger partial charge in [0.15, 0.2) is 6.29 Å². The molecule has 0 bridgehead atoms. The summed E-state index contributed by atoms with van der Waals surface area (Å²) in [7, 11) is 3.21. The van der Waals surface area contributed by atoms with Gasteiger partial charge in [0.25, 0.3) is 5.91 Å². The first-order chi connectivity index (χ1) is 10.1. The molecule has 1 rings (SSSR count). The van der Waals surface area contributed by atoms with Gasteiger partial charge in [0, 0.05) is 38.6 Å². The second-order valence-corrected chi connectivity index (χ2v) is 4.83. The molecule has 118 valence electrons. The average Bonchev–Trinajstić information content (AvgIpc) is 2.49. The van der Waals surface area contributed by atoms with Crippen molar-refractivity contribution in [1.29, 1.82) is 0 Å². The van der Waals surface area contributed by atoms with Gasteiger partial charge in [-0.3, -0.25) is 4.79 Å². The van der Waals surface area contributed by atoms with Crippen LogP contribution in [0.2, 0.25) is 0 Å². The molecule has 0 saturated heterocycles. The SMILES string of the molecule is CCN(CC)C(=O)c1cccc(NC(C)C(OC)OC)c1. The number of ether oxygens (including phenoxy) is 2. The first kappa shape index (κ1) is 17.5. The second kappa shape index (κ2) is 8.64. The zero-order valence-corrected chi connectivity index (χ0v) is 13.6. The number of methoxy groups -OCH3 is 2. The van der Waals surface area contributed by atoms with Crippen molar-refractivity contribution in [2.45, 2.75) is 33.1 Å². The highest BCUT2D eigenvalue weighted by atomic mass is 16.7. The molecule has 0 saturated carbocycles. The smallest absolute Gasteiger partial charge is 0.253 e. The number of hydrogen-bond donors (Lipinski definition) is 1. The number of amides is 1. The Bertz CT molecular complexity index is 443. The van der Waals surface area contributed by atoms with Crippen molar-refractivity contribution in [1.82, 2.24) is 4.90 Å². The van der Waals surface area contributed by atoms with Crippen molar-refractivity contribution < 1.29 is 14.3 Å². The van der Waals surface area contributed by atoms with Crippen molar-refractivity contribution in [3.63, 3.8) is 0 Å². The number of carbonyl (C=O) groups excluding carboxylic acids is 1. The summed E-state index contributed by atoms with van der Waals surface area (Å²) < 4.78 is 10.4. The Kier molecular flexibility index (Phi) is 7.19. The van der Waals surface area contributed by atoms with Crippen LogP contribution >= 0.6 is 0 Å². The van der Waals surface area contributed by atoms with E-state index in [4.69, 9.17) is 9.47 Å². The van der Waals surface area contributed by atoms with Crippen LogP contribution in [0.4, 0.5) is 5.69 Å². The number of benzene rings is 1. The van der Waals surface area contributed by atoms with Crippen molar-refractivity contribution in [3.05, 3.63) is 29.8 Å². The van der Waals surface area contributed by atoms with Gasteiger partial charge >= 0.3 is 0 Å². The highest BCUT2D eigenvalue weighted by Gasteiger charge is 2.17. The average molecular weight is 294 g/mol. The summed E-state index contributed by atoms with van der Waals surface area (Å²) in [6.45, 7) is 7.34. The Morgan fingerprint density at radius 1 is 1.24 bits per heavy atom. The Morgan fingerprint density at radius 3 is 2.38 bits per heavy atom. The molecule has 0 aliphatic rings. The number of anilines is 1. The lowest BCUT2D eigenvalue weighted by Crippen LogP contribution is -2.34. The third kappa shape index (κ3) is 4.72. The number of carbonyl (C=O) groups is 1. The Hall–Kier alpha value is -1.59. The number of hydrogen-bond acceptors (Lipinski definition) is 4. The van der Waals surface area contributed by atoms with Crippen LogP contribution in [-0.4, -0.2) is 50.4 Å². The quantitative estimate of drug-likeness (QED) is 0.749. The Morgan fingerprint density at radius 2 is 1.86 bits per heavy atom. The number of rotatable bonds is 8. The molecule has 0 radical (unpaired) electrons. The van der Waals surface area contributed by atoms with Gasteiger partial charge in [-0.1, -0.05) is 6.07 Å². The van der Waals surface area contributed by atoms with Gasteiger partial charge < -0.3 is 19.7 Å². The van der Waals surface area contributed by atoms with Gasteiger partial charge in [-0.25, -0.2) is 0 Å². The minimum atomic E-state index is -0.341. The molecule has 0 aromatic heterocycles. The summed E-state index contributed by atoms with van der Waals surface area (Å²) in [6.07, 6.45) is -0.341. The van der Waals surface area contributed by atoms with E-state index in [9.17, 15) is 4.79 Å². The van der Waals surface area contributed by atoms with E-state index in [-0.39, 0.29) is 18.2 Å². The van der Waals surface area contributed by atoms with Crippen LogP contribution in [0.25, 0.3) is 0 Å². The van der Waals surface area contributed by atoms with Crippen LogP contribution in [0.15, 0.2) is 24.3 Å². The van der Waals surface area contributed by atoms with Crippen LogP contribution in [0.1, 0.15) is 31.1 Å². The summed E-state index contributed by atoms with van der Waals surface area (Å²) in [6, 6.07) is 7.47. The topological polar surface area (TPSA) is 50.8 Å². The summed E-state index contributed by atoms with van der Waals surface area (Å²) in [4.78, 5) is 14.1. The van der Waals surface area contributed by atoms with E-state index in [1.54, 1.807) is 19.1 Å². The van der Waals surface area contributed by atoms with Gasteiger partial charge in [0.1, 0.15) is 0 Å². The molecule has 1 atom stereocenters. The minimum absolute atomic E-state index is 0.0289. The summed E-state index contributed by atoms with van der Waals surface area (Å²) in [5.41, 5.74) is 1.56. The molecule has 1 amide bonds. The maximum atomic E-state index is 12.3. The van der Waals surface area contributed by atoms with E-state index < -0.39 is 0 Å². The van der Waals surface area contributed by atoms with Gasteiger partial charge in [-0.05, 0) is 39.0 Å². The molecule has 5 heteroatoms. The van der Waals surface area contributed by atoms with Crippen molar-refractivity contribution in [2.75, 3.05) is 32.6 Å². The molecule has 5 nitrogen and oxygen atoms in total. The maximum absolute atomic E-state index is 12.3. The highest BCUT2D eigenvalue weighted by molar-refractivity contribution is 5.95. The van der Waals surface area contributed by atoms with Crippen LogP contribution in [-0.2, 0) is 9.47 Å². The largest absolute Gasteiger partial charge is 0.377 e. The molecule has 1 N–H and O–H groups in total. The summed E-state index contributed by atoms with van der Waals surface area (Å²) >= 11 is 0.